The second-order valence-corrected chi connectivity index (χ2v) is 8.70. The number of aromatic nitrogens is 4. The van der Waals surface area contributed by atoms with Crippen LogP contribution in [0.4, 0.5) is 0 Å². The maximum absolute atomic E-state index is 6.31. The van der Waals surface area contributed by atoms with Gasteiger partial charge in [0.15, 0.2) is 5.82 Å². The predicted octanol–water partition coefficient (Wildman–Crippen LogP) is 4.32. The van der Waals surface area contributed by atoms with Crippen LogP contribution in [-0.2, 0) is 18.5 Å². The minimum atomic E-state index is -0.225. The molecule has 1 atom stereocenters. The molecule has 2 aromatic carbocycles. The van der Waals surface area contributed by atoms with Crippen molar-refractivity contribution < 1.29 is 4.42 Å². The van der Waals surface area contributed by atoms with Crippen LogP contribution in [0, 0.1) is 0 Å². The molecule has 0 saturated heterocycles. The number of hydrogen-bond donors (Lipinski definition) is 0. The minimum absolute atomic E-state index is 0.148. The van der Waals surface area contributed by atoms with Gasteiger partial charge in [0.2, 0.25) is 0 Å². The van der Waals surface area contributed by atoms with Crippen LogP contribution in [0.25, 0.3) is 11.0 Å². The van der Waals surface area contributed by atoms with E-state index >= 15 is 0 Å². The summed E-state index contributed by atoms with van der Waals surface area (Å²) in [6, 6.07) is 18.8. The van der Waals surface area contributed by atoms with E-state index in [1.165, 1.54) is 11.1 Å². The summed E-state index contributed by atoms with van der Waals surface area (Å²) in [7, 11) is 0. The lowest BCUT2D eigenvalue weighted by molar-refractivity contribution is 0.168. The van der Waals surface area contributed by atoms with Crippen molar-refractivity contribution >= 4 is 11.0 Å². The Morgan fingerprint density at radius 3 is 2.55 bits per heavy atom. The third-order valence-corrected chi connectivity index (χ3v) is 5.61. The highest BCUT2D eigenvalue weighted by molar-refractivity contribution is 5.77. The van der Waals surface area contributed by atoms with Gasteiger partial charge in [-0.1, -0.05) is 42.5 Å². The normalized spacial score (nSPS) is 16.1. The number of fused-ring (bicyclic) bond motifs is 2. The molecule has 1 aliphatic heterocycles. The van der Waals surface area contributed by atoms with Gasteiger partial charge in [0.1, 0.15) is 17.4 Å². The maximum atomic E-state index is 6.31. The summed E-state index contributed by atoms with van der Waals surface area (Å²) in [4.78, 5) is 2.42. The van der Waals surface area contributed by atoms with E-state index < -0.39 is 0 Å². The number of rotatable bonds is 3. The van der Waals surface area contributed by atoms with Crippen molar-refractivity contribution in [3.05, 3.63) is 77.3 Å². The van der Waals surface area contributed by atoms with Gasteiger partial charge in [0, 0.05) is 18.5 Å². The third kappa shape index (κ3) is 3.23. The summed E-state index contributed by atoms with van der Waals surface area (Å²) < 4.78 is 8.23. The molecular weight excluding hydrogens is 362 g/mol. The molecular formula is C23H25N5O. The van der Waals surface area contributed by atoms with E-state index in [0.29, 0.717) is 0 Å². The topological polar surface area (TPSA) is 60.0 Å². The first-order valence-electron chi connectivity index (χ1n) is 10.1. The summed E-state index contributed by atoms with van der Waals surface area (Å²) in [5.41, 5.74) is 3.44. The summed E-state index contributed by atoms with van der Waals surface area (Å²) in [6.45, 7) is 8.13. The lowest BCUT2D eigenvalue weighted by atomic mass is 9.97. The monoisotopic (exact) mass is 387 g/mol. The molecule has 0 bridgehead atoms. The van der Waals surface area contributed by atoms with Crippen LogP contribution in [0.3, 0.4) is 0 Å². The molecule has 4 aromatic rings. The van der Waals surface area contributed by atoms with Crippen LogP contribution in [0.2, 0.25) is 0 Å². The zero-order valence-corrected chi connectivity index (χ0v) is 17.0. The van der Waals surface area contributed by atoms with Gasteiger partial charge in [-0.3, -0.25) is 4.90 Å². The largest absolute Gasteiger partial charge is 0.459 e. The SMILES string of the molecule is CC(C)(C)n1nnnc1C(c1cc2ccccc2o1)N1CCc2ccccc2C1. The van der Waals surface area contributed by atoms with Gasteiger partial charge in [-0.25, -0.2) is 4.68 Å². The van der Waals surface area contributed by atoms with Crippen LogP contribution in [0.15, 0.2) is 59.0 Å². The zero-order valence-electron chi connectivity index (χ0n) is 17.0. The highest BCUT2D eigenvalue weighted by Gasteiger charge is 2.35. The van der Waals surface area contributed by atoms with Crippen LogP contribution in [0.1, 0.15) is 49.5 Å². The Bertz CT molecular complexity index is 1120. The highest BCUT2D eigenvalue weighted by atomic mass is 16.3. The first kappa shape index (κ1) is 18.1. The Morgan fingerprint density at radius 2 is 1.76 bits per heavy atom. The maximum Gasteiger partial charge on any atom is 0.176 e. The van der Waals surface area contributed by atoms with E-state index in [4.69, 9.17) is 4.42 Å². The predicted molar refractivity (Wildman–Crippen MR) is 111 cm³/mol. The number of tetrazole rings is 1. The lowest BCUT2D eigenvalue weighted by Gasteiger charge is -2.35. The fourth-order valence-electron chi connectivity index (χ4n) is 4.19. The van der Waals surface area contributed by atoms with Crippen LogP contribution in [-0.4, -0.2) is 31.7 Å². The number of hydrogen-bond acceptors (Lipinski definition) is 5. The Morgan fingerprint density at radius 1 is 1.00 bits per heavy atom. The Balaban J connectivity index is 1.63. The zero-order chi connectivity index (χ0) is 20.0. The standard InChI is InChI=1S/C23H25N5O/c1-23(2,3)28-22(24-25-26-28)21(20-14-17-9-6-7-11-19(17)29-20)27-13-12-16-8-4-5-10-18(16)15-27/h4-11,14,21H,12-13,15H2,1-3H3. The second kappa shape index (κ2) is 6.81. The highest BCUT2D eigenvalue weighted by Crippen LogP contribution is 2.36. The lowest BCUT2D eigenvalue weighted by Crippen LogP contribution is -2.38. The van der Waals surface area contributed by atoms with Gasteiger partial charge < -0.3 is 4.42 Å². The van der Waals surface area contributed by atoms with Crippen molar-refractivity contribution in [3.8, 4) is 0 Å². The average molecular weight is 387 g/mol. The molecule has 0 aliphatic carbocycles. The van der Waals surface area contributed by atoms with E-state index in [9.17, 15) is 0 Å². The molecule has 0 radical (unpaired) electrons. The summed E-state index contributed by atoms with van der Waals surface area (Å²) >= 11 is 0. The van der Waals surface area contributed by atoms with Gasteiger partial charge in [-0.15, -0.1) is 5.10 Å². The van der Waals surface area contributed by atoms with Gasteiger partial charge >= 0.3 is 0 Å². The average Bonchev–Trinajstić information content (AvgIpc) is 3.35. The molecule has 1 unspecified atom stereocenters. The van der Waals surface area contributed by atoms with E-state index in [1.54, 1.807) is 0 Å². The molecule has 3 heterocycles. The Hall–Kier alpha value is -2.99. The van der Waals surface area contributed by atoms with E-state index in [0.717, 1.165) is 42.1 Å². The summed E-state index contributed by atoms with van der Waals surface area (Å²) in [6.07, 6.45) is 1.00. The molecule has 0 fully saturated rings. The van der Waals surface area contributed by atoms with E-state index in [-0.39, 0.29) is 11.6 Å². The molecule has 0 saturated carbocycles. The summed E-state index contributed by atoms with van der Waals surface area (Å²) in [5, 5.41) is 13.9. The van der Waals surface area contributed by atoms with Crippen molar-refractivity contribution in [1.82, 2.24) is 25.1 Å². The van der Waals surface area contributed by atoms with Gasteiger partial charge in [0.05, 0.1) is 5.54 Å². The molecule has 6 heteroatoms. The third-order valence-electron chi connectivity index (χ3n) is 5.61. The molecule has 0 amide bonds. The number of nitrogens with zero attached hydrogens (tertiary/aromatic N) is 5. The fourth-order valence-corrected chi connectivity index (χ4v) is 4.19. The first-order valence-corrected chi connectivity index (χ1v) is 10.1. The van der Waals surface area contributed by atoms with Crippen LogP contribution < -0.4 is 0 Å². The van der Waals surface area contributed by atoms with Crippen molar-refractivity contribution in [3.63, 3.8) is 0 Å². The smallest absolute Gasteiger partial charge is 0.176 e. The second-order valence-electron chi connectivity index (χ2n) is 8.70. The van der Waals surface area contributed by atoms with Crippen molar-refractivity contribution in [2.75, 3.05) is 6.54 Å². The molecule has 29 heavy (non-hydrogen) atoms. The molecule has 6 nitrogen and oxygen atoms in total. The first-order chi connectivity index (χ1) is 14.0. The molecule has 2 aromatic heterocycles. The Kier molecular flexibility index (Phi) is 4.24. The summed E-state index contributed by atoms with van der Waals surface area (Å²) in [5.74, 6) is 1.70. The molecule has 0 N–H and O–H groups in total. The minimum Gasteiger partial charge on any atom is -0.459 e. The van der Waals surface area contributed by atoms with Crippen molar-refractivity contribution in [2.24, 2.45) is 0 Å². The fraction of sp³-hybridized carbons (Fsp3) is 0.348. The molecule has 1 aliphatic rings. The number of furan rings is 1. The van der Waals surface area contributed by atoms with Crippen molar-refractivity contribution in [2.45, 2.75) is 45.3 Å². The van der Waals surface area contributed by atoms with Crippen LogP contribution in [0.5, 0.6) is 0 Å². The van der Waals surface area contributed by atoms with Crippen LogP contribution >= 0.6 is 0 Å². The van der Waals surface area contributed by atoms with E-state index in [2.05, 4.69) is 77.6 Å². The molecule has 148 valence electrons. The van der Waals surface area contributed by atoms with Gasteiger partial charge in [-0.05, 0) is 60.9 Å². The van der Waals surface area contributed by atoms with E-state index in [1.807, 2.05) is 22.9 Å². The quantitative estimate of drug-likeness (QED) is 0.524. The Labute approximate surface area is 170 Å². The number of para-hydroxylation sites is 1. The van der Waals surface area contributed by atoms with Crippen molar-refractivity contribution in [1.29, 1.82) is 0 Å². The molecule has 0 spiro atoms. The number of benzene rings is 2. The van der Waals surface area contributed by atoms with Gasteiger partial charge in [-0.2, -0.15) is 0 Å². The van der Waals surface area contributed by atoms with Gasteiger partial charge in [0.25, 0.3) is 0 Å². The molecule has 5 rings (SSSR count).